The second-order valence-electron chi connectivity index (χ2n) is 8.26. The zero-order valence-corrected chi connectivity index (χ0v) is 19.6. The van der Waals surface area contributed by atoms with Gasteiger partial charge in [0.25, 0.3) is 11.7 Å². The first kappa shape index (κ1) is 22.7. The molecule has 1 aromatic heterocycles. The number of ketones is 1. The summed E-state index contributed by atoms with van der Waals surface area (Å²) in [5.74, 6) is -1.74. The van der Waals surface area contributed by atoms with Crippen LogP contribution in [0.1, 0.15) is 41.5 Å². The van der Waals surface area contributed by atoms with Crippen LogP contribution in [-0.4, -0.2) is 22.9 Å². The number of halogens is 1. The van der Waals surface area contributed by atoms with Crippen LogP contribution in [0.4, 0.5) is 10.1 Å². The summed E-state index contributed by atoms with van der Waals surface area (Å²) in [5.41, 5.74) is 2.30. The third kappa shape index (κ3) is 4.16. The Labute approximate surface area is 195 Å². The summed E-state index contributed by atoms with van der Waals surface area (Å²) in [6.07, 6.45) is -0.0125. The van der Waals surface area contributed by atoms with Gasteiger partial charge in [0.1, 0.15) is 23.4 Å². The van der Waals surface area contributed by atoms with E-state index in [1.54, 1.807) is 24.3 Å². The molecule has 1 amide bonds. The molecule has 2 heterocycles. The highest BCUT2D eigenvalue weighted by Crippen LogP contribution is 2.45. The molecule has 1 unspecified atom stereocenters. The number of carbonyl (C=O) groups excluding carboxylic acids is 2. The van der Waals surface area contributed by atoms with Crippen LogP contribution in [0.2, 0.25) is 0 Å². The van der Waals surface area contributed by atoms with Gasteiger partial charge in [0.15, 0.2) is 0 Å². The minimum atomic E-state index is -0.862. The maximum Gasteiger partial charge on any atom is 0.300 e. The molecule has 33 heavy (non-hydrogen) atoms. The molecule has 1 saturated heterocycles. The Bertz CT molecular complexity index is 1280. The maximum absolute atomic E-state index is 14.0. The Morgan fingerprint density at radius 3 is 2.45 bits per heavy atom. The van der Waals surface area contributed by atoms with Crippen LogP contribution in [0.15, 0.2) is 59.5 Å². The molecule has 0 bridgehead atoms. The van der Waals surface area contributed by atoms with E-state index in [-0.39, 0.29) is 23.1 Å². The van der Waals surface area contributed by atoms with Gasteiger partial charge in [0, 0.05) is 16.1 Å². The number of carbonyl (C=O) groups is 2. The fourth-order valence-corrected chi connectivity index (χ4v) is 5.00. The molecular weight excluding hydrogens is 441 g/mol. The Hall–Kier alpha value is -3.45. The van der Waals surface area contributed by atoms with Crippen molar-refractivity contribution in [1.29, 1.82) is 0 Å². The molecular formula is C26H24FNO4S. The zero-order chi connectivity index (χ0) is 23.9. The van der Waals surface area contributed by atoms with Crippen molar-refractivity contribution in [2.75, 3.05) is 4.90 Å². The van der Waals surface area contributed by atoms with E-state index in [1.165, 1.54) is 34.4 Å². The van der Waals surface area contributed by atoms with Crippen molar-refractivity contribution in [1.82, 2.24) is 0 Å². The van der Waals surface area contributed by atoms with Crippen LogP contribution in [0.3, 0.4) is 0 Å². The normalized spacial score (nSPS) is 17.8. The predicted octanol–water partition coefficient (Wildman–Crippen LogP) is 5.92. The van der Waals surface area contributed by atoms with Gasteiger partial charge in [-0.05, 0) is 86.7 Å². The third-order valence-corrected chi connectivity index (χ3v) is 6.56. The van der Waals surface area contributed by atoms with Crippen molar-refractivity contribution in [2.24, 2.45) is 0 Å². The Morgan fingerprint density at radius 2 is 1.85 bits per heavy atom. The topological polar surface area (TPSA) is 66.8 Å². The van der Waals surface area contributed by atoms with Gasteiger partial charge in [-0.15, -0.1) is 11.3 Å². The van der Waals surface area contributed by atoms with Crippen LogP contribution < -0.4 is 9.64 Å². The van der Waals surface area contributed by atoms with E-state index >= 15 is 0 Å². The molecule has 0 saturated carbocycles. The van der Waals surface area contributed by atoms with Crippen molar-refractivity contribution in [3.05, 3.63) is 86.9 Å². The average Bonchev–Trinajstić information content (AvgIpc) is 3.29. The minimum Gasteiger partial charge on any atom is -0.507 e. The van der Waals surface area contributed by atoms with E-state index in [0.29, 0.717) is 11.3 Å². The summed E-state index contributed by atoms with van der Waals surface area (Å²) < 4.78 is 19.8. The molecule has 0 spiro atoms. The van der Waals surface area contributed by atoms with E-state index in [2.05, 4.69) is 0 Å². The minimum absolute atomic E-state index is 0.0125. The third-order valence-electron chi connectivity index (χ3n) is 5.49. The van der Waals surface area contributed by atoms with E-state index < -0.39 is 23.5 Å². The first-order valence-electron chi connectivity index (χ1n) is 10.6. The number of anilines is 1. The van der Waals surface area contributed by atoms with Gasteiger partial charge >= 0.3 is 0 Å². The average molecular weight is 466 g/mol. The first-order valence-corrected chi connectivity index (χ1v) is 11.4. The van der Waals surface area contributed by atoms with E-state index in [0.717, 1.165) is 16.0 Å². The Morgan fingerprint density at radius 1 is 1.09 bits per heavy atom. The molecule has 1 atom stereocenters. The van der Waals surface area contributed by atoms with Crippen molar-refractivity contribution in [3.8, 4) is 5.75 Å². The zero-order valence-electron chi connectivity index (χ0n) is 18.8. The van der Waals surface area contributed by atoms with Crippen LogP contribution >= 0.6 is 11.3 Å². The lowest BCUT2D eigenvalue weighted by atomic mass is 9.97. The number of amides is 1. The van der Waals surface area contributed by atoms with Crippen LogP contribution in [0.25, 0.3) is 5.76 Å². The predicted molar refractivity (Wildman–Crippen MR) is 127 cm³/mol. The van der Waals surface area contributed by atoms with E-state index in [1.807, 2.05) is 39.1 Å². The first-order chi connectivity index (χ1) is 15.7. The highest BCUT2D eigenvalue weighted by molar-refractivity contribution is 7.10. The molecule has 1 fully saturated rings. The number of thiophene rings is 1. The van der Waals surface area contributed by atoms with Gasteiger partial charge in [-0.25, -0.2) is 4.39 Å². The fourth-order valence-electron chi connectivity index (χ4n) is 3.98. The number of benzene rings is 2. The van der Waals surface area contributed by atoms with E-state index in [4.69, 9.17) is 4.74 Å². The molecule has 5 nitrogen and oxygen atoms in total. The van der Waals surface area contributed by atoms with Crippen molar-refractivity contribution >= 4 is 34.5 Å². The maximum atomic E-state index is 14.0. The molecule has 7 heteroatoms. The molecule has 4 rings (SSSR count). The lowest BCUT2D eigenvalue weighted by Crippen LogP contribution is -2.29. The van der Waals surface area contributed by atoms with Gasteiger partial charge < -0.3 is 9.84 Å². The highest BCUT2D eigenvalue weighted by atomic mass is 32.1. The Kier molecular flexibility index (Phi) is 6.08. The van der Waals surface area contributed by atoms with Gasteiger partial charge in [-0.3, -0.25) is 14.5 Å². The number of Topliss-reactive ketones (excluding diaryl/α,β-unsaturated/α-hetero) is 1. The number of aliphatic hydroxyl groups excluding tert-OH is 1. The van der Waals surface area contributed by atoms with Crippen LogP contribution in [-0.2, 0) is 9.59 Å². The monoisotopic (exact) mass is 465 g/mol. The molecule has 0 aliphatic carbocycles. The van der Waals surface area contributed by atoms with Gasteiger partial charge in [-0.2, -0.15) is 0 Å². The summed E-state index contributed by atoms with van der Waals surface area (Å²) in [7, 11) is 0. The molecule has 170 valence electrons. The molecule has 1 aliphatic rings. The van der Waals surface area contributed by atoms with Gasteiger partial charge in [0.05, 0.1) is 11.7 Å². The lowest BCUT2D eigenvalue weighted by molar-refractivity contribution is -0.132. The van der Waals surface area contributed by atoms with Crippen molar-refractivity contribution in [2.45, 2.75) is 39.8 Å². The number of nitrogens with zero attached hydrogens (tertiary/aromatic N) is 1. The number of rotatable bonds is 5. The fraction of sp³-hybridized carbons (Fsp3) is 0.231. The second kappa shape index (κ2) is 8.83. The van der Waals surface area contributed by atoms with Crippen molar-refractivity contribution < 1.29 is 23.8 Å². The number of hydrogen-bond acceptors (Lipinski definition) is 5. The summed E-state index contributed by atoms with van der Waals surface area (Å²) in [4.78, 5) is 28.3. The molecule has 1 aliphatic heterocycles. The Balaban J connectivity index is 1.89. The van der Waals surface area contributed by atoms with Crippen LogP contribution in [0.5, 0.6) is 5.75 Å². The van der Waals surface area contributed by atoms with Crippen molar-refractivity contribution in [3.63, 3.8) is 0 Å². The molecule has 2 aromatic carbocycles. The largest absolute Gasteiger partial charge is 0.507 e. The van der Waals surface area contributed by atoms with Gasteiger partial charge in [0.2, 0.25) is 0 Å². The molecule has 3 aromatic rings. The summed E-state index contributed by atoms with van der Waals surface area (Å²) in [6, 6.07) is 11.7. The molecule has 1 N–H and O–H groups in total. The number of ether oxygens (including phenoxy) is 1. The lowest BCUT2D eigenvalue weighted by Gasteiger charge is -2.25. The van der Waals surface area contributed by atoms with Gasteiger partial charge in [-0.1, -0.05) is 6.07 Å². The quantitative estimate of drug-likeness (QED) is 0.289. The highest BCUT2D eigenvalue weighted by Gasteiger charge is 2.48. The summed E-state index contributed by atoms with van der Waals surface area (Å²) >= 11 is 1.38. The van der Waals surface area contributed by atoms with Crippen LogP contribution in [0, 0.1) is 19.7 Å². The second-order valence-corrected chi connectivity index (χ2v) is 9.21. The number of aryl methyl sites for hydroxylation is 2. The number of aliphatic hydroxyl groups is 1. The summed E-state index contributed by atoms with van der Waals surface area (Å²) in [5, 5.41) is 13.1. The van der Waals surface area contributed by atoms with E-state index in [9.17, 15) is 19.1 Å². The standard InChI is InChI=1S/C26H24FNO4S/c1-14(2)32-20-9-8-17(12-16(20)4)23(29)21-22(25-15(3)10-11-33-25)28(26(31)24(21)30)19-7-5-6-18(27)13-19/h5-14,22,29H,1-4H3/b23-21-. The summed E-state index contributed by atoms with van der Waals surface area (Å²) in [6.45, 7) is 7.57. The molecule has 0 radical (unpaired) electrons. The SMILES string of the molecule is Cc1cc(/C(O)=C2/C(=O)C(=O)N(c3cccc(F)c3)C2c2sccc2C)ccc1OC(C)C. The number of hydrogen-bond donors (Lipinski definition) is 1. The smallest absolute Gasteiger partial charge is 0.300 e.